The van der Waals surface area contributed by atoms with E-state index in [1.54, 1.807) is 33.3 Å². The summed E-state index contributed by atoms with van der Waals surface area (Å²) >= 11 is 0. The van der Waals surface area contributed by atoms with Crippen LogP contribution in [0.1, 0.15) is 50.2 Å². The second-order valence-corrected chi connectivity index (χ2v) is 8.95. The maximum Gasteiger partial charge on any atom is 0.264 e. The van der Waals surface area contributed by atoms with Gasteiger partial charge >= 0.3 is 0 Å². The number of ether oxygens (including phenoxy) is 1. The molecule has 1 aromatic carbocycles. The summed E-state index contributed by atoms with van der Waals surface area (Å²) in [6, 6.07) is 3.31. The number of rotatable bonds is 7. The zero-order valence-electron chi connectivity index (χ0n) is 16.7. The second kappa shape index (κ2) is 9.03. The highest BCUT2D eigenvalue weighted by atomic mass is 32.2. The average molecular weight is 399 g/mol. The van der Waals surface area contributed by atoms with E-state index in [0.717, 1.165) is 25.9 Å². The maximum atomic E-state index is 12.9. The minimum Gasteiger partial charge on any atom is -0.496 e. The summed E-state index contributed by atoms with van der Waals surface area (Å²) in [5.74, 6) is 0.302. The van der Waals surface area contributed by atoms with Gasteiger partial charge in [0.15, 0.2) is 0 Å². The van der Waals surface area contributed by atoms with Gasteiger partial charge in [0.25, 0.3) is 10.0 Å². The normalized spacial score (nSPS) is 16.5. The first-order valence-electron chi connectivity index (χ1n) is 9.21. The van der Waals surface area contributed by atoms with Crippen LogP contribution < -0.4 is 9.46 Å². The maximum absolute atomic E-state index is 12.9. The number of benzene rings is 1. The van der Waals surface area contributed by atoms with Gasteiger partial charge in [-0.3, -0.25) is 4.79 Å². The Balaban J connectivity index is 2.14. The molecule has 0 bridgehead atoms. The molecule has 1 saturated heterocycles. The summed E-state index contributed by atoms with van der Waals surface area (Å²) in [6.07, 6.45) is 1.81. The van der Waals surface area contributed by atoms with E-state index in [2.05, 4.69) is 4.72 Å². The van der Waals surface area contributed by atoms with E-state index in [4.69, 9.17) is 9.57 Å². The average Bonchev–Trinajstić information content (AvgIpc) is 2.61. The van der Waals surface area contributed by atoms with Crippen molar-refractivity contribution in [3.8, 4) is 5.75 Å². The molecule has 0 unspecified atom stereocenters. The third kappa shape index (κ3) is 5.43. The van der Waals surface area contributed by atoms with E-state index in [9.17, 15) is 13.2 Å². The number of amides is 1. The van der Waals surface area contributed by atoms with Gasteiger partial charge < -0.3 is 9.57 Å². The lowest BCUT2D eigenvalue weighted by atomic mass is 9.94. The van der Waals surface area contributed by atoms with Gasteiger partial charge in [-0.05, 0) is 54.9 Å². The molecule has 1 fully saturated rings. The summed E-state index contributed by atoms with van der Waals surface area (Å²) in [5, 5.41) is 1.85. The third-order valence-electron chi connectivity index (χ3n) is 4.99. The van der Waals surface area contributed by atoms with Crippen LogP contribution in [0.4, 0.5) is 0 Å². The molecule has 0 saturated carbocycles. The van der Waals surface area contributed by atoms with Crippen LogP contribution in [0, 0.1) is 12.8 Å². The molecule has 152 valence electrons. The number of piperidine rings is 1. The number of carbonyl (C=O) groups excluding carboxylic acids is 1. The van der Waals surface area contributed by atoms with Crippen molar-refractivity contribution >= 4 is 15.9 Å². The van der Waals surface area contributed by atoms with Gasteiger partial charge in [-0.15, -0.1) is 0 Å². The van der Waals surface area contributed by atoms with Gasteiger partial charge in [-0.2, -0.15) is 5.06 Å². The molecule has 0 spiro atoms. The predicted octanol–water partition coefficient (Wildman–Crippen LogP) is 2.60. The Morgan fingerprint density at radius 1 is 1.26 bits per heavy atom. The van der Waals surface area contributed by atoms with Crippen LogP contribution in [-0.4, -0.2) is 46.7 Å². The van der Waals surface area contributed by atoms with E-state index < -0.39 is 15.9 Å². The Hall–Kier alpha value is -1.64. The van der Waals surface area contributed by atoms with E-state index in [0.29, 0.717) is 16.9 Å². The highest BCUT2D eigenvalue weighted by Gasteiger charge is 2.27. The van der Waals surface area contributed by atoms with Crippen molar-refractivity contribution in [3.63, 3.8) is 0 Å². The molecule has 1 aromatic rings. The highest BCUT2D eigenvalue weighted by Crippen LogP contribution is 2.31. The van der Waals surface area contributed by atoms with Crippen molar-refractivity contribution in [3.05, 3.63) is 23.3 Å². The smallest absolute Gasteiger partial charge is 0.264 e. The number of carbonyl (C=O) groups is 1. The number of hydrogen-bond donors (Lipinski definition) is 1. The Bertz CT molecular complexity index is 769. The molecule has 1 aliphatic rings. The summed E-state index contributed by atoms with van der Waals surface area (Å²) in [5.41, 5.74) is 1.34. The second-order valence-electron chi connectivity index (χ2n) is 7.30. The molecule has 0 radical (unpaired) electrons. The van der Waals surface area contributed by atoms with Crippen molar-refractivity contribution in [1.29, 1.82) is 0 Å². The lowest BCUT2D eigenvalue weighted by Gasteiger charge is -2.29. The summed E-state index contributed by atoms with van der Waals surface area (Å²) in [4.78, 5) is 17.7. The minimum atomic E-state index is -3.94. The number of aryl methyl sites for hydroxylation is 1. The van der Waals surface area contributed by atoms with E-state index >= 15 is 0 Å². The summed E-state index contributed by atoms with van der Waals surface area (Å²) in [6.45, 7) is 7.10. The van der Waals surface area contributed by atoms with Gasteiger partial charge in [-0.25, -0.2) is 13.1 Å². The van der Waals surface area contributed by atoms with E-state index in [1.807, 2.05) is 18.9 Å². The topological polar surface area (TPSA) is 84.9 Å². The molecule has 8 heteroatoms. The van der Waals surface area contributed by atoms with Crippen LogP contribution in [0.25, 0.3) is 0 Å². The highest BCUT2D eigenvalue weighted by molar-refractivity contribution is 7.90. The molecule has 1 N–H and O–H groups in total. The van der Waals surface area contributed by atoms with Crippen molar-refractivity contribution in [2.45, 2.75) is 50.8 Å². The monoisotopic (exact) mass is 398 g/mol. The van der Waals surface area contributed by atoms with Gasteiger partial charge in [0.05, 0.1) is 19.1 Å². The minimum absolute atomic E-state index is 0.0282. The SMILES string of the molecule is COc1cc(C(C)C)c(S(=O)(=O)NC(=O)CC2CCN(OC)CC2)cc1C. The molecule has 27 heavy (non-hydrogen) atoms. The number of methoxy groups -OCH3 is 1. The third-order valence-corrected chi connectivity index (χ3v) is 6.42. The van der Waals surface area contributed by atoms with Crippen molar-refractivity contribution < 1.29 is 22.8 Å². The van der Waals surface area contributed by atoms with Crippen LogP contribution in [0.2, 0.25) is 0 Å². The Labute approximate surface area is 162 Å². The van der Waals surface area contributed by atoms with Crippen molar-refractivity contribution in [2.75, 3.05) is 27.3 Å². The molecule has 7 nitrogen and oxygen atoms in total. The van der Waals surface area contributed by atoms with Crippen LogP contribution in [0.5, 0.6) is 5.75 Å². The van der Waals surface area contributed by atoms with Crippen LogP contribution >= 0.6 is 0 Å². The van der Waals surface area contributed by atoms with Crippen molar-refractivity contribution in [1.82, 2.24) is 9.79 Å². The van der Waals surface area contributed by atoms with E-state index in [1.165, 1.54) is 0 Å². The predicted molar refractivity (Wildman–Crippen MR) is 103 cm³/mol. The first kappa shape index (κ1) is 21.7. The fourth-order valence-electron chi connectivity index (χ4n) is 3.39. The first-order chi connectivity index (χ1) is 12.7. The number of hydroxylamine groups is 2. The van der Waals surface area contributed by atoms with E-state index in [-0.39, 0.29) is 23.2 Å². The molecule has 0 aliphatic carbocycles. The zero-order chi connectivity index (χ0) is 20.2. The standard InChI is InChI=1S/C19H30N2O5S/c1-13(2)16-12-17(25-4)14(3)10-18(16)27(23,24)20-19(22)11-15-6-8-21(26-5)9-7-15/h10,12-13,15H,6-9,11H2,1-5H3,(H,20,22). The number of nitrogens with one attached hydrogen (secondary N) is 1. The van der Waals surface area contributed by atoms with Gasteiger partial charge in [0, 0.05) is 19.5 Å². The quantitative estimate of drug-likeness (QED) is 0.760. The fraction of sp³-hybridized carbons (Fsp3) is 0.632. The van der Waals surface area contributed by atoms with Crippen LogP contribution in [0.3, 0.4) is 0 Å². The molecule has 0 aromatic heterocycles. The molecule has 1 heterocycles. The molecular formula is C19H30N2O5S. The molecule has 1 amide bonds. The van der Waals surface area contributed by atoms with Gasteiger partial charge in [0.1, 0.15) is 5.75 Å². The first-order valence-corrected chi connectivity index (χ1v) is 10.7. The number of sulfonamides is 1. The Kier molecular flexibility index (Phi) is 7.25. The van der Waals surface area contributed by atoms with Gasteiger partial charge in [0.2, 0.25) is 5.91 Å². The van der Waals surface area contributed by atoms with Crippen LogP contribution in [0.15, 0.2) is 17.0 Å². The number of hydrogen-bond acceptors (Lipinski definition) is 6. The lowest BCUT2D eigenvalue weighted by molar-refractivity contribution is -0.149. The largest absolute Gasteiger partial charge is 0.496 e. The Morgan fingerprint density at radius 2 is 1.89 bits per heavy atom. The zero-order valence-corrected chi connectivity index (χ0v) is 17.6. The Morgan fingerprint density at radius 3 is 2.41 bits per heavy atom. The van der Waals surface area contributed by atoms with Crippen LogP contribution in [-0.2, 0) is 19.7 Å². The lowest BCUT2D eigenvalue weighted by Crippen LogP contribution is -2.37. The molecule has 2 rings (SSSR count). The van der Waals surface area contributed by atoms with Gasteiger partial charge in [-0.1, -0.05) is 13.8 Å². The molecule has 0 atom stereocenters. The number of nitrogens with zero attached hydrogens (tertiary/aromatic N) is 1. The molecule has 1 aliphatic heterocycles. The summed E-state index contributed by atoms with van der Waals surface area (Å²) in [7, 11) is -0.758. The fourth-order valence-corrected chi connectivity index (χ4v) is 4.82. The molecular weight excluding hydrogens is 368 g/mol. The van der Waals surface area contributed by atoms with Crippen molar-refractivity contribution in [2.24, 2.45) is 5.92 Å². The summed E-state index contributed by atoms with van der Waals surface area (Å²) < 4.78 is 33.3.